The summed E-state index contributed by atoms with van der Waals surface area (Å²) in [6.07, 6.45) is 4.01. The fourth-order valence-electron chi connectivity index (χ4n) is 2.45. The standard InChI is InChI=1S/C15H23N3O2/c1-3-20-14-9-13(6-7-16-14)10-17-15(19)18-8-4-5-12(2)11-18/h6-7,9,12H,3-5,8,10-11H2,1-2H3,(H,17,19)/t12-/m0/s1. The van der Waals surface area contributed by atoms with Gasteiger partial charge < -0.3 is 15.0 Å². The summed E-state index contributed by atoms with van der Waals surface area (Å²) in [6.45, 7) is 6.92. The summed E-state index contributed by atoms with van der Waals surface area (Å²) >= 11 is 0. The van der Waals surface area contributed by atoms with Gasteiger partial charge in [-0.15, -0.1) is 0 Å². The molecule has 5 nitrogen and oxygen atoms in total. The van der Waals surface area contributed by atoms with E-state index in [1.807, 2.05) is 24.0 Å². The minimum atomic E-state index is 0.0197. The van der Waals surface area contributed by atoms with Crippen LogP contribution in [0.5, 0.6) is 5.88 Å². The van der Waals surface area contributed by atoms with Crippen LogP contribution in [-0.4, -0.2) is 35.6 Å². The molecule has 0 aliphatic carbocycles. The van der Waals surface area contributed by atoms with Crippen molar-refractivity contribution >= 4 is 6.03 Å². The summed E-state index contributed by atoms with van der Waals surface area (Å²) in [5.74, 6) is 1.20. The lowest BCUT2D eigenvalue weighted by molar-refractivity contribution is 0.169. The van der Waals surface area contributed by atoms with Crippen molar-refractivity contribution in [2.45, 2.75) is 33.2 Å². The van der Waals surface area contributed by atoms with Crippen LogP contribution in [0.25, 0.3) is 0 Å². The Bertz CT molecular complexity index is 450. The molecule has 0 bridgehead atoms. The first-order chi connectivity index (χ1) is 9.69. The van der Waals surface area contributed by atoms with Crippen LogP contribution < -0.4 is 10.1 Å². The van der Waals surface area contributed by atoms with Gasteiger partial charge in [0.05, 0.1) is 6.61 Å². The van der Waals surface area contributed by atoms with Gasteiger partial charge in [-0.05, 0) is 37.3 Å². The first-order valence-corrected chi connectivity index (χ1v) is 7.29. The van der Waals surface area contributed by atoms with E-state index in [2.05, 4.69) is 17.2 Å². The number of nitrogens with zero attached hydrogens (tertiary/aromatic N) is 2. The summed E-state index contributed by atoms with van der Waals surface area (Å²) in [6, 6.07) is 3.77. The van der Waals surface area contributed by atoms with Crippen LogP contribution in [0.1, 0.15) is 32.3 Å². The first kappa shape index (κ1) is 14.6. The molecule has 1 N–H and O–H groups in total. The molecule has 1 saturated heterocycles. The van der Waals surface area contributed by atoms with E-state index in [0.717, 1.165) is 25.1 Å². The van der Waals surface area contributed by atoms with E-state index in [0.29, 0.717) is 24.9 Å². The van der Waals surface area contributed by atoms with Gasteiger partial charge in [0.1, 0.15) is 0 Å². The monoisotopic (exact) mass is 277 g/mol. The third-order valence-electron chi connectivity index (χ3n) is 3.48. The maximum Gasteiger partial charge on any atom is 0.317 e. The largest absolute Gasteiger partial charge is 0.478 e. The number of carbonyl (C=O) groups is 1. The Labute approximate surface area is 120 Å². The maximum atomic E-state index is 12.1. The van der Waals surface area contributed by atoms with E-state index in [1.54, 1.807) is 6.20 Å². The second-order valence-corrected chi connectivity index (χ2v) is 5.29. The van der Waals surface area contributed by atoms with Crippen molar-refractivity contribution in [2.75, 3.05) is 19.7 Å². The van der Waals surface area contributed by atoms with Gasteiger partial charge in [-0.3, -0.25) is 0 Å². The molecule has 110 valence electrons. The predicted octanol–water partition coefficient (Wildman–Crippen LogP) is 2.42. The molecule has 2 amide bonds. The van der Waals surface area contributed by atoms with Crippen molar-refractivity contribution in [3.63, 3.8) is 0 Å². The molecule has 1 aromatic rings. The number of likely N-dealkylation sites (tertiary alicyclic amines) is 1. The molecule has 1 aliphatic rings. The van der Waals surface area contributed by atoms with E-state index in [-0.39, 0.29) is 6.03 Å². The normalized spacial score (nSPS) is 18.7. The molecule has 1 aliphatic heterocycles. The zero-order chi connectivity index (χ0) is 14.4. The summed E-state index contributed by atoms with van der Waals surface area (Å²) in [5, 5.41) is 2.96. The van der Waals surface area contributed by atoms with Crippen molar-refractivity contribution in [1.29, 1.82) is 0 Å². The van der Waals surface area contributed by atoms with Crippen molar-refractivity contribution in [3.05, 3.63) is 23.9 Å². The highest BCUT2D eigenvalue weighted by Gasteiger charge is 2.20. The first-order valence-electron chi connectivity index (χ1n) is 7.29. The molecule has 20 heavy (non-hydrogen) atoms. The Balaban J connectivity index is 1.85. The topological polar surface area (TPSA) is 54.5 Å². The van der Waals surface area contributed by atoms with Gasteiger partial charge in [0.2, 0.25) is 5.88 Å². The third kappa shape index (κ3) is 4.11. The van der Waals surface area contributed by atoms with Crippen LogP contribution in [0.2, 0.25) is 0 Å². The molecule has 5 heteroatoms. The number of hydrogen-bond donors (Lipinski definition) is 1. The average molecular weight is 277 g/mol. The Hall–Kier alpha value is -1.78. The second-order valence-electron chi connectivity index (χ2n) is 5.29. The van der Waals surface area contributed by atoms with Crippen LogP contribution >= 0.6 is 0 Å². The number of carbonyl (C=O) groups excluding carboxylic acids is 1. The van der Waals surface area contributed by atoms with E-state index >= 15 is 0 Å². The fraction of sp³-hybridized carbons (Fsp3) is 0.600. The number of urea groups is 1. The third-order valence-corrected chi connectivity index (χ3v) is 3.48. The van der Waals surface area contributed by atoms with Gasteiger partial charge in [0.15, 0.2) is 0 Å². The number of piperidine rings is 1. The number of amides is 2. The molecule has 2 rings (SSSR count). The van der Waals surface area contributed by atoms with Gasteiger partial charge in [0, 0.05) is 31.9 Å². The van der Waals surface area contributed by atoms with Gasteiger partial charge in [-0.2, -0.15) is 0 Å². The molecule has 1 aromatic heterocycles. The lowest BCUT2D eigenvalue weighted by atomic mass is 10.0. The van der Waals surface area contributed by atoms with Crippen molar-refractivity contribution in [1.82, 2.24) is 15.2 Å². The average Bonchev–Trinajstić information content (AvgIpc) is 2.45. The van der Waals surface area contributed by atoms with Crippen LogP contribution in [-0.2, 0) is 6.54 Å². The lowest BCUT2D eigenvalue weighted by Gasteiger charge is -2.30. The van der Waals surface area contributed by atoms with Crippen LogP contribution in [0.4, 0.5) is 4.79 Å². The van der Waals surface area contributed by atoms with Gasteiger partial charge >= 0.3 is 6.03 Å². The smallest absolute Gasteiger partial charge is 0.317 e. The molecule has 0 unspecified atom stereocenters. The number of pyridine rings is 1. The highest BCUT2D eigenvalue weighted by Crippen LogP contribution is 2.15. The van der Waals surface area contributed by atoms with Gasteiger partial charge in [-0.25, -0.2) is 9.78 Å². The Kier molecular flexibility index (Phi) is 5.21. The summed E-state index contributed by atoms with van der Waals surface area (Å²) in [7, 11) is 0. The quantitative estimate of drug-likeness (QED) is 0.919. The van der Waals surface area contributed by atoms with Crippen LogP contribution in [0.15, 0.2) is 18.3 Å². The van der Waals surface area contributed by atoms with Gasteiger partial charge in [0.25, 0.3) is 0 Å². The van der Waals surface area contributed by atoms with E-state index in [1.165, 1.54) is 6.42 Å². The highest BCUT2D eigenvalue weighted by molar-refractivity contribution is 5.74. The molecular formula is C15H23N3O2. The number of aromatic nitrogens is 1. The highest BCUT2D eigenvalue weighted by atomic mass is 16.5. The van der Waals surface area contributed by atoms with E-state index in [4.69, 9.17) is 4.74 Å². The molecule has 0 aromatic carbocycles. The van der Waals surface area contributed by atoms with E-state index < -0.39 is 0 Å². The number of nitrogens with one attached hydrogen (secondary N) is 1. The predicted molar refractivity (Wildman–Crippen MR) is 77.6 cm³/mol. The molecule has 1 atom stereocenters. The number of ether oxygens (including phenoxy) is 1. The Morgan fingerprint density at radius 3 is 3.20 bits per heavy atom. The van der Waals surface area contributed by atoms with Crippen molar-refractivity contribution in [2.24, 2.45) is 5.92 Å². The zero-order valence-corrected chi connectivity index (χ0v) is 12.3. The minimum absolute atomic E-state index is 0.0197. The van der Waals surface area contributed by atoms with Crippen molar-refractivity contribution < 1.29 is 9.53 Å². The minimum Gasteiger partial charge on any atom is -0.478 e. The summed E-state index contributed by atoms with van der Waals surface area (Å²) in [5.41, 5.74) is 1.00. The molecule has 0 spiro atoms. The summed E-state index contributed by atoms with van der Waals surface area (Å²) in [4.78, 5) is 18.1. The number of hydrogen-bond acceptors (Lipinski definition) is 3. The van der Waals surface area contributed by atoms with Crippen molar-refractivity contribution in [3.8, 4) is 5.88 Å². The van der Waals surface area contributed by atoms with Crippen LogP contribution in [0, 0.1) is 5.92 Å². The number of rotatable bonds is 4. The Morgan fingerprint density at radius 1 is 1.60 bits per heavy atom. The fourth-order valence-corrected chi connectivity index (χ4v) is 2.45. The molecule has 2 heterocycles. The van der Waals surface area contributed by atoms with Gasteiger partial charge in [-0.1, -0.05) is 6.92 Å². The molecule has 0 saturated carbocycles. The van der Waals surface area contributed by atoms with Crippen LogP contribution in [0.3, 0.4) is 0 Å². The molecular weight excluding hydrogens is 254 g/mol. The molecule has 1 fully saturated rings. The lowest BCUT2D eigenvalue weighted by Crippen LogP contribution is -2.44. The maximum absolute atomic E-state index is 12.1. The Morgan fingerprint density at radius 2 is 2.45 bits per heavy atom. The second kappa shape index (κ2) is 7.12. The summed E-state index contributed by atoms with van der Waals surface area (Å²) < 4.78 is 5.35. The van der Waals surface area contributed by atoms with E-state index in [9.17, 15) is 4.79 Å². The SMILES string of the molecule is CCOc1cc(CNC(=O)N2CCC[C@H](C)C2)ccn1. The molecule has 0 radical (unpaired) electrons. The zero-order valence-electron chi connectivity index (χ0n) is 12.3.